The van der Waals surface area contributed by atoms with Crippen molar-refractivity contribution in [2.75, 3.05) is 18.5 Å². The van der Waals surface area contributed by atoms with Crippen LogP contribution in [-0.4, -0.2) is 39.9 Å². The summed E-state index contributed by atoms with van der Waals surface area (Å²) in [6, 6.07) is 5.40. The standard InChI is InChI=1S/C14H19N5O2/c1-10(11-5-8-21-9-6-11)15-14(20)17-13-16-12-4-2-3-7-19(12)18-13/h2-4,7,10-11H,5-6,8-9H2,1H3,(H2,15,17,18,20). The van der Waals surface area contributed by atoms with Gasteiger partial charge in [-0.15, -0.1) is 5.10 Å². The number of pyridine rings is 1. The third kappa shape index (κ3) is 3.30. The molecule has 0 aliphatic carbocycles. The summed E-state index contributed by atoms with van der Waals surface area (Å²) in [6.45, 7) is 3.56. The predicted octanol–water partition coefficient (Wildman–Crippen LogP) is 1.67. The Balaban J connectivity index is 1.58. The summed E-state index contributed by atoms with van der Waals surface area (Å²) in [5.74, 6) is 0.761. The highest BCUT2D eigenvalue weighted by Gasteiger charge is 2.22. The number of nitrogens with zero attached hydrogens (tertiary/aromatic N) is 3. The maximum atomic E-state index is 12.0. The van der Waals surface area contributed by atoms with Crippen molar-refractivity contribution in [1.29, 1.82) is 0 Å². The lowest BCUT2D eigenvalue weighted by Crippen LogP contribution is -2.42. The summed E-state index contributed by atoms with van der Waals surface area (Å²) in [5, 5.41) is 9.81. The molecule has 1 atom stereocenters. The molecule has 2 amide bonds. The van der Waals surface area contributed by atoms with Gasteiger partial charge < -0.3 is 10.1 Å². The Morgan fingerprint density at radius 1 is 1.43 bits per heavy atom. The number of hydrogen-bond acceptors (Lipinski definition) is 4. The van der Waals surface area contributed by atoms with Gasteiger partial charge in [-0.2, -0.15) is 4.98 Å². The normalized spacial score (nSPS) is 17.6. The highest BCUT2D eigenvalue weighted by molar-refractivity contribution is 5.87. The third-order valence-corrected chi connectivity index (χ3v) is 3.80. The number of fused-ring (bicyclic) bond motifs is 1. The smallest absolute Gasteiger partial charge is 0.321 e. The van der Waals surface area contributed by atoms with Gasteiger partial charge in [-0.3, -0.25) is 5.32 Å². The minimum Gasteiger partial charge on any atom is -0.381 e. The van der Waals surface area contributed by atoms with Crippen molar-refractivity contribution in [3.8, 4) is 0 Å². The second kappa shape index (κ2) is 6.09. The SMILES string of the molecule is CC(NC(=O)Nc1nc2ccccn2n1)C1CCOCC1. The van der Waals surface area contributed by atoms with E-state index in [2.05, 4.69) is 20.7 Å². The van der Waals surface area contributed by atoms with Crippen LogP contribution in [0.4, 0.5) is 10.7 Å². The molecule has 0 saturated carbocycles. The summed E-state index contributed by atoms with van der Waals surface area (Å²) in [7, 11) is 0. The van der Waals surface area contributed by atoms with Gasteiger partial charge in [0.15, 0.2) is 5.65 Å². The van der Waals surface area contributed by atoms with E-state index in [0.29, 0.717) is 17.5 Å². The number of rotatable bonds is 3. The summed E-state index contributed by atoms with van der Waals surface area (Å²) in [6.07, 6.45) is 3.75. The molecule has 2 aromatic rings. The summed E-state index contributed by atoms with van der Waals surface area (Å²) in [4.78, 5) is 16.2. The van der Waals surface area contributed by atoms with Gasteiger partial charge >= 0.3 is 6.03 Å². The van der Waals surface area contributed by atoms with Crippen LogP contribution in [0.25, 0.3) is 5.65 Å². The number of anilines is 1. The molecular formula is C14H19N5O2. The van der Waals surface area contributed by atoms with E-state index in [0.717, 1.165) is 26.1 Å². The summed E-state index contributed by atoms with van der Waals surface area (Å²) >= 11 is 0. The molecule has 112 valence electrons. The molecule has 7 nitrogen and oxygen atoms in total. The Morgan fingerprint density at radius 2 is 2.24 bits per heavy atom. The fourth-order valence-corrected chi connectivity index (χ4v) is 2.56. The lowest BCUT2D eigenvalue weighted by Gasteiger charge is -2.28. The Hall–Kier alpha value is -2.15. The van der Waals surface area contributed by atoms with Crippen LogP contribution in [0.3, 0.4) is 0 Å². The van der Waals surface area contributed by atoms with Gasteiger partial charge in [-0.05, 0) is 37.8 Å². The molecule has 7 heteroatoms. The molecule has 0 bridgehead atoms. The lowest BCUT2D eigenvalue weighted by atomic mass is 9.93. The first-order valence-electron chi connectivity index (χ1n) is 7.19. The van der Waals surface area contributed by atoms with Crippen molar-refractivity contribution in [3.63, 3.8) is 0 Å². The quantitative estimate of drug-likeness (QED) is 0.900. The minimum atomic E-state index is -0.273. The van der Waals surface area contributed by atoms with Crippen molar-refractivity contribution in [3.05, 3.63) is 24.4 Å². The highest BCUT2D eigenvalue weighted by atomic mass is 16.5. The Bertz CT molecular complexity index is 588. The molecular weight excluding hydrogens is 270 g/mol. The molecule has 1 aliphatic heterocycles. The van der Waals surface area contributed by atoms with E-state index in [1.807, 2.05) is 25.1 Å². The largest absolute Gasteiger partial charge is 0.381 e. The first kappa shape index (κ1) is 13.8. The number of amides is 2. The van der Waals surface area contributed by atoms with Crippen LogP contribution < -0.4 is 10.6 Å². The first-order valence-corrected chi connectivity index (χ1v) is 7.19. The fourth-order valence-electron chi connectivity index (χ4n) is 2.56. The summed E-state index contributed by atoms with van der Waals surface area (Å²) in [5.41, 5.74) is 0.699. The van der Waals surface area contributed by atoms with Gasteiger partial charge in [0.05, 0.1) is 0 Å². The van der Waals surface area contributed by atoms with Crippen LogP contribution in [-0.2, 0) is 4.74 Å². The highest BCUT2D eigenvalue weighted by Crippen LogP contribution is 2.18. The molecule has 3 rings (SSSR count). The number of nitrogens with one attached hydrogen (secondary N) is 2. The van der Waals surface area contributed by atoms with Crippen LogP contribution in [0, 0.1) is 5.92 Å². The van der Waals surface area contributed by atoms with E-state index in [-0.39, 0.29) is 12.1 Å². The lowest BCUT2D eigenvalue weighted by molar-refractivity contribution is 0.0573. The van der Waals surface area contributed by atoms with E-state index < -0.39 is 0 Å². The van der Waals surface area contributed by atoms with E-state index >= 15 is 0 Å². The number of aromatic nitrogens is 3. The topological polar surface area (TPSA) is 80.6 Å². The van der Waals surface area contributed by atoms with Crippen molar-refractivity contribution in [1.82, 2.24) is 19.9 Å². The number of carbonyl (C=O) groups is 1. The molecule has 2 N–H and O–H groups in total. The van der Waals surface area contributed by atoms with Gasteiger partial charge in [0, 0.05) is 25.5 Å². The van der Waals surface area contributed by atoms with Crippen LogP contribution >= 0.6 is 0 Å². The van der Waals surface area contributed by atoms with Gasteiger partial charge in [0.25, 0.3) is 5.95 Å². The number of ether oxygens (including phenoxy) is 1. The Labute approximate surface area is 122 Å². The van der Waals surface area contributed by atoms with Gasteiger partial charge in [-0.25, -0.2) is 9.31 Å². The molecule has 2 aromatic heterocycles. The molecule has 0 spiro atoms. The van der Waals surface area contributed by atoms with Crippen LogP contribution in [0.5, 0.6) is 0 Å². The zero-order chi connectivity index (χ0) is 14.7. The van der Waals surface area contributed by atoms with Crippen LogP contribution in [0.2, 0.25) is 0 Å². The number of hydrogen-bond donors (Lipinski definition) is 2. The average Bonchev–Trinajstić information content (AvgIpc) is 2.90. The zero-order valence-corrected chi connectivity index (χ0v) is 12.0. The number of carbonyl (C=O) groups excluding carboxylic acids is 1. The maximum absolute atomic E-state index is 12.0. The molecule has 3 heterocycles. The van der Waals surface area contributed by atoms with Crippen molar-refractivity contribution in [2.45, 2.75) is 25.8 Å². The monoisotopic (exact) mass is 289 g/mol. The van der Waals surface area contributed by atoms with E-state index in [9.17, 15) is 4.79 Å². The van der Waals surface area contributed by atoms with E-state index in [1.54, 1.807) is 10.7 Å². The second-order valence-electron chi connectivity index (χ2n) is 5.28. The Morgan fingerprint density at radius 3 is 3.00 bits per heavy atom. The minimum absolute atomic E-state index is 0.103. The second-order valence-corrected chi connectivity index (χ2v) is 5.28. The molecule has 1 unspecified atom stereocenters. The molecule has 1 fully saturated rings. The molecule has 21 heavy (non-hydrogen) atoms. The van der Waals surface area contributed by atoms with Gasteiger partial charge in [0.1, 0.15) is 0 Å². The zero-order valence-electron chi connectivity index (χ0n) is 12.0. The van der Waals surface area contributed by atoms with Crippen molar-refractivity contribution < 1.29 is 9.53 Å². The summed E-state index contributed by atoms with van der Waals surface area (Å²) < 4.78 is 6.96. The average molecular weight is 289 g/mol. The van der Waals surface area contributed by atoms with E-state index in [4.69, 9.17) is 4.74 Å². The third-order valence-electron chi connectivity index (χ3n) is 3.80. The van der Waals surface area contributed by atoms with Crippen LogP contribution in [0.1, 0.15) is 19.8 Å². The fraction of sp³-hybridized carbons (Fsp3) is 0.500. The van der Waals surface area contributed by atoms with Crippen molar-refractivity contribution in [2.24, 2.45) is 5.92 Å². The molecule has 0 radical (unpaired) electrons. The first-order chi connectivity index (χ1) is 10.2. The number of urea groups is 1. The van der Waals surface area contributed by atoms with Gasteiger partial charge in [0.2, 0.25) is 0 Å². The van der Waals surface area contributed by atoms with Crippen molar-refractivity contribution >= 4 is 17.6 Å². The van der Waals surface area contributed by atoms with Crippen LogP contribution in [0.15, 0.2) is 24.4 Å². The molecule has 1 aliphatic rings. The molecule has 0 aromatic carbocycles. The van der Waals surface area contributed by atoms with Gasteiger partial charge in [-0.1, -0.05) is 6.07 Å². The predicted molar refractivity (Wildman–Crippen MR) is 78.1 cm³/mol. The molecule has 1 saturated heterocycles. The maximum Gasteiger partial charge on any atom is 0.321 e. The Kier molecular flexibility index (Phi) is 4.01. The van der Waals surface area contributed by atoms with E-state index in [1.165, 1.54) is 0 Å².